The van der Waals surface area contributed by atoms with Crippen molar-refractivity contribution < 1.29 is 9.53 Å². The van der Waals surface area contributed by atoms with Gasteiger partial charge in [0.15, 0.2) is 0 Å². The van der Waals surface area contributed by atoms with Gasteiger partial charge in [0.1, 0.15) is 17.9 Å². The van der Waals surface area contributed by atoms with Crippen LogP contribution in [0.15, 0.2) is 36.7 Å². The first-order chi connectivity index (χ1) is 11.7. The molecule has 0 unspecified atom stereocenters. The lowest BCUT2D eigenvalue weighted by Gasteiger charge is -2.06. The van der Waals surface area contributed by atoms with Crippen molar-refractivity contribution in [1.82, 2.24) is 15.3 Å². The molecule has 0 aliphatic carbocycles. The molecular weight excluding hydrogens is 324 g/mol. The minimum Gasteiger partial charge on any atom is -0.497 e. The molecule has 0 fully saturated rings. The van der Waals surface area contributed by atoms with Gasteiger partial charge < -0.3 is 15.4 Å². The Hall–Kier alpha value is -2.67. The number of hydrogen-bond donors (Lipinski definition) is 2. The Labute approximate surface area is 143 Å². The number of carbonyl (C=O) groups excluding carboxylic acids is 1. The van der Waals surface area contributed by atoms with E-state index in [4.69, 9.17) is 4.74 Å². The fraction of sp³-hybridized carbons (Fsp3) is 0.235. The molecule has 0 saturated heterocycles. The number of ether oxygens (including phenoxy) is 1. The van der Waals surface area contributed by atoms with Crippen molar-refractivity contribution in [3.05, 3.63) is 36.7 Å². The van der Waals surface area contributed by atoms with Gasteiger partial charge in [0.25, 0.3) is 0 Å². The fourth-order valence-corrected chi connectivity index (χ4v) is 3.38. The Bertz CT molecular complexity index is 845. The van der Waals surface area contributed by atoms with Gasteiger partial charge in [-0.15, -0.1) is 11.3 Å². The quantitative estimate of drug-likeness (QED) is 0.674. The normalized spacial score (nSPS) is 10.6. The molecule has 2 heterocycles. The number of nitrogens with one attached hydrogen (secondary N) is 2. The number of thiophene rings is 1. The zero-order valence-corrected chi connectivity index (χ0v) is 14.3. The molecule has 3 rings (SSSR count). The average molecular weight is 342 g/mol. The van der Waals surface area contributed by atoms with E-state index in [0.717, 1.165) is 32.2 Å². The largest absolute Gasteiger partial charge is 0.497 e. The van der Waals surface area contributed by atoms with Crippen LogP contribution >= 0.6 is 11.3 Å². The van der Waals surface area contributed by atoms with Crippen LogP contribution in [-0.4, -0.2) is 36.1 Å². The van der Waals surface area contributed by atoms with Crippen molar-refractivity contribution in [2.45, 2.75) is 6.92 Å². The molecule has 7 heteroatoms. The standard InChI is InChI=1S/C17H18N4O2S/c1-11(22)18-7-8-19-17-16-14(20-10-21-17)9-15(24-16)12-3-5-13(23-2)6-4-12/h3-6,9-10H,7-8H2,1-2H3,(H,18,22)(H,19,20,21). The lowest BCUT2D eigenvalue weighted by Crippen LogP contribution is -2.26. The van der Waals surface area contributed by atoms with E-state index >= 15 is 0 Å². The molecule has 0 radical (unpaired) electrons. The van der Waals surface area contributed by atoms with Crippen molar-refractivity contribution in [2.24, 2.45) is 0 Å². The average Bonchev–Trinajstić information content (AvgIpc) is 3.03. The number of carbonyl (C=O) groups is 1. The molecule has 1 aromatic carbocycles. The van der Waals surface area contributed by atoms with Gasteiger partial charge in [-0.2, -0.15) is 0 Å². The molecule has 2 N–H and O–H groups in total. The molecule has 0 bridgehead atoms. The third kappa shape index (κ3) is 3.62. The number of benzene rings is 1. The number of methoxy groups -OCH3 is 1. The molecule has 3 aromatic rings. The van der Waals surface area contributed by atoms with Crippen LogP contribution in [0.4, 0.5) is 5.82 Å². The van der Waals surface area contributed by atoms with Gasteiger partial charge in [0.2, 0.25) is 5.91 Å². The van der Waals surface area contributed by atoms with E-state index in [1.807, 2.05) is 24.3 Å². The minimum atomic E-state index is -0.0393. The van der Waals surface area contributed by atoms with E-state index in [1.54, 1.807) is 24.8 Å². The van der Waals surface area contributed by atoms with Gasteiger partial charge in [0, 0.05) is 24.9 Å². The van der Waals surface area contributed by atoms with Crippen LogP contribution in [0.1, 0.15) is 6.92 Å². The molecule has 24 heavy (non-hydrogen) atoms. The van der Waals surface area contributed by atoms with Gasteiger partial charge in [-0.3, -0.25) is 4.79 Å². The molecule has 1 amide bonds. The van der Waals surface area contributed by atoms with Crippen LogP contribution in [-0.2, 0) is 4.79 Å². The molecular formula is C17H18N4O2S. The predicted molar refractivity (Wildman–Crippen MR) is 96.6 cm³/mol. The number of nitrogens with zero attached hydrogens (tertiary/aromatic N) is 2. The lowest BCUT2D eigenvalue weighted by atomic mass is 10.2. The highest BCUT2D eigenvalue weighted by Crippen LogP contribution is 2.36. The third-order valence-electron chi connectivity index (χ3n) is 3.48. The second kappa shape index (κ2) is 7.27. The van der Waals surface area contributed by atoms with Crippen molar-refractivity contribution in [2.75, 3.05) is 25.5 Å². The summed E-state index contributed by atoms with van der Waals surface area (Å²) >= 11 is 1.64. The highest BCUT2D eigenvalue weighted by atomic mass is 32.1. The molecule has 0 atom stereocenters. The summed E-state index contributed by atoms with van der Waals surface area (Å²) in [5.41, 5.74) is 2.02. The summed E-state index contributed by atoms with van der Waals surface area (Å²) in [6, 6.07) is 10.0. The summed E-state index contributed by atoms with van der Waals surface area (Å²) in [4.78, 5) is 20.7. The van der Waals surface area contributed by atoms with Crippen LogP contribution in [0, 0.1) is 0 Å². The number of aromatic nitrogens is 2. The summed E-state index contributed by atoms with van der Waals surface area (Å²) in [5.74, 6) is 1.58. The summed E-state index contributed by atoms with van der Waals surface area (Å²) < 4.78 is 6.20. The smallest absolute Gasteiger partial charge is 0.216 e. The second-order valence-electron chi connectivity index (χ2n) is 5.19. The fourth-order valence-electron chi connectivity index (χ4n) is 2.30. The zero-order chi connectivity index (χ0) is 16.9. The Morgan fingerprint density at radius 3 is 2.71 bits per heavy atom. The second-order valence-corrected chi connectivity index (χ2v) is 6.24. The molecule has 6 nitrogen and oxygen atoms in total. The van der Waals surface area contributed by atoms with Gasteiger partial charge in [-0.1, -0.05) is 0 Å². The maximum absolute atomic E-state index is 10.9. The number of hydrogen-bond acceptors (Lipinski definition) is 6. The van der Waals surface area contributed by atoms with Gasteiger partial charge in [0.05, 0.1) is 17.3 Å². The van der Waals surface area contributed by atoms with Crippen molar-refractivity contribution in [1.29, 1.82) is 0 Å². The van der Waals surface area contributed by atoms with Gasteiger partial charge in [-0.05, 0) is 35.9 Å². The molecule has 124 valence electrons. The predicted octanol–water partition coefficient (Wildman–Crippen LogP) is 2.91. The Morgan fingerprint density at radius 1 is 1.21 bits per heavy atom. The van der Waals surface area contributed by atoms with E-state index in [2.05, 4.69) is 26.7 Å². The summed E-state index contributed by atoms with van der Waals surface area (Å²) in [5, 5.41) is 6.00. The van der Waals surface area contributed by atoms with Gasteiger partial charge in [-0.25, -0.2) is 9.97 Å². The van der Waals surface area contributed by atoms with Crippen molar-refractivity contribution >= 4 is 33.3 Å². The first-order valence-electron chi connectivity index (χ1n) is 7.54. The van der Waals surface area contributed by atoms with Crippen LogP contribution in [0.3, 0.4) is 0 Å². The van der Waals surface area contributed by atoms with Crippen LogP contribution in [0.25, 0.3) is 20.7 Å². The Balaban J connectivity index is 1.82. The Morgan fingerprint density at radius 2 is 2.00 bits per heavy atom. The first kappa shape index (κ1) is 16.2. The number of rotatable bonds is 6. The SMILES string of the molecule is COc1ccc(-c2cc3ncnc(NCCNC(C)=O)c3s2)cc1. The highest BCUT2D eigenvalue weighted by molar-refractivity contribution is 7.22. The third-order valence-corrected chi connectivity index (χ3v) is 4.66. The summed E-state index contributed by atoms with van der Waals surface area (Å²) in [7, 11) is 1.66. The molecule has 0 aliphatic rings. The highest BCUT2D eigenvalue weighted by Gasteiger charge is 2.10. The van der Waals surface area contributed by atoms with E-state index in [-0.39, 0.29) is 5.91 Å². The summed E-state index contributed by atoms with van der Waals surface area (Å²) in [6.45, 7) is 2.67. The van der Waals surface area contributed by atoms with E-state index < -0.39 is 0 Å². The number of fused-ring (bicyclic) bond motifs is 1. The molecule has 0 spiro atoms. The summed E-state index contributed by atoms with van der Waals surface area (Å²) in [6.07, 6.45) is 1.55. The number of anilines is 1. The van der Waals surface area contributed by atoms with Crippen molar-refractivity contribution in [3.63, 3.8) is 0 Å². The van der Waals surface area contributed by atoms with Gasteiger partial charge >= 0.3 is 0 Å². The van der Waals surface area contributed by atoms with Crippen molar-refractivity contribution in [3.8, 4) is 16.2 Å². The number of amides is 1. The topological polar surface area (TPSA) is 76.1 Å². The first-order valence-corrected chi connectivity index (χ1v) is 8.36. The van der Waals surface area contributed by atoms with Crippen LogP contribution < -0.4 is 15.4 Å². The molecule has 0 saturated carbocycles. The maximum atomic E-state index is 10.9. The van der Waals surface area contributed by atoms with E-state index in [1.165, 1.54) is 6.92 Å². The van der Waals surface area contributed by atoms with E-state index in [0.29, 0.717) is 13.1 Å². The minimum absolute atomic E-state index is 0.0393. The van der Waals surface area contributed by atoms with Crippen LogP contribution in [0.5, 0.6) is 5.75 Å². The maximum Gasteiger partial charge on any atom is 0.216 e. The Kier molecular flexibility index (Phi) is 4.90. The molecule has 2 aromatic heterocycles. The van der Waals surface area contributed by atoms with Crippen LogP contribution in [0.2, 0.25) is 0 Å². The van der Waals surface area contributed by atoms with E-state index in [9.17, 15) is 4.79 Å². The monoisotopic (exact) mass is 342 g/mol. The molecule has 0 aliphatic heterocycles. The lowest BCUT2D eigenvalue weighted by molar-refractivity contribution is -0.118. The zero-order valence-electron chi connectivity index (χ0n) is 13.5.